The van der Waals surface area contributed by atoms with Crippen LogP contribution in [0.25, 0.3) is 0 Å². The number of rotatable bonds is 7. The topological polar surface area (TPSA) is 67.5 Å². The molecule has 0 aliphatic rings. The fourth-order valence-electron chi connectivity index (χ4n) is 1.43. The molecule has 5 nitrogen and oxygen atoms in total. The lowest BCUT2D eigenvalue weighted by atomic mass is 10.2. The van der Waals surface area contributed by atoms with Crippen molar-refractivity contribution in [2.24, 2.45) is 0 Å². The first kappa shape index (κ1) is 13.2. The Hall–Kier alpha value is -0.910. The molecule has 0 radical (unpaired) electrons. The van der Waals surface area contributed by atoms with Gasteiger partial charge < -0.3 is 19.7 Å². The van der Waals surface area contributed by atoms with Gasteiger partial charge in [0.2, 0.25) is 0 Å². The van der Waals surface area contributed by atoms with E-state index in [0.29, 0.717) is 26.3 Å². The van der Waals surface area contributed by atoms with Gasteiger partial charge in [0.15, 0.2) is 0 Å². The van der Waals surface area contributed by atoms with Crippen molar-refractivity contribution in [1.82, 2.24) is 10.5 Å². The van der Waals surface area contributed by atoms with Crippen molar-refractivity contribution in [2.45, 2.75) is 33.4 Å². The highest BCUT2D eigenvalue weighted by molar-refractivity contribution is 5.20. The van der Waals surface area contributed by atoms with E-state index in [9.17, 15) is 5.11 Å². The van der Waals surface area contributed by atoms with E-state index in [1.807, 2.05) is 20.8 Å². The van der Waals surface area contributed by atoms with Gasteiger partial charge in [-0.2, -0.15) is 0 Å². The summed E-state index contributed by atoms with van der Waals surface area (Å²) in [5.74, 6) is 0.823. The second-order valence-corrected chi connectivity index (χ2v) is 3.75. The molecular weight excluding hydrogens is 208 g/mol. The Kier molecular flexibility index (Phi) is 5.45. The van der Waals surface area contributed by atoms with Crippen LogP contribution in [0.5, 0.6) is 0 Å². The normalized spacial score (nSPS) is 13.0. The van der Waals surface area contributed by atoms with E-state index in [0.717, 1.165) is 17.0 Å². The molecule has 1 aromatic heterocycles. The highest BCUT2D eigenvalue weighted by Crippen LogP contribution is 2.11. The van der Waals surface area contributed by atoms with Crippen molar-refractivity contribution in [2.75, 3.05) is 19.8 Å². The zero-order chi connectivity index (χ0) is 12.0. The maximum absolute atomic E-state index is 9.52. The van der Waals surface area contributed by atoms with E-state index < -0.39 is 6.10 Å². The van der Waals surface area contributed by atoms with Crippen molar-refractivity contribution in [1.29, 1.82) is 0 Å². The molecule has 0 aliphatic carbocycles. The van der Waals surface area contributed by atoms with E-state index in [2.05, 4.69) is 10.5 Å². The Bertz CT molecular complexity index is 293. The molecule has 0 aromatic carbocycles. The van der Waals surface area contributed by atoms with Crippen molar-refractivity contribution >= 4 is 0 Å². The van der Waals surface area contributed by atoms with Crippen molar-refractivity contribution in [3.8, 4) is 0 Å². The standard InChI is InChI=1S/C11H20N2O3/c1-4-15-7-10(14)5-12-6-11-8(2)13-16-9(11)3/h10,12,14H,4-7H2,1-3H3. The molecule has 92 valence electrons. The summed E-state index contributed by atoms with van der Waals surface area (Å²) >= 11 is 0. The zero-order valence-electron chi connectivity index (χ0n) is 10.1. The highest BCUT2D eigenvalue weighted by Gasteiger charge is 2.09. The van der Waals surface area contributed by atoms with E-state index in [1.165, 1.54) is 0 Å². The third-order valence-electron chi connectivity index (χ3n) is 2.38. The number of aliphatic hydroxyl groups excluding tert-OH is 1. The number of nitrogens with zero attached hydrogens (tertiary/aromatic N) is 1. The number of aliphatic hydroxyl groups is 1. The van der Waals surface area contributed by atoms with Gasteiger partial charge in [0.25, 0.3) is 0 Å². The van der Waals surface area contributed by atoms with Crippen LogP contribution >= 0.6 is 0 Å². The fourth-order valence-corrected chi connectivity index (χ4v) is 1.43. The molecule has 0 saturated carbocycles. The summed E-state index contributed by atoms with van der Waals surface area (Å²) in [5.41, 5.74) is 1.95. The number of hydrogen-bond donors (Lipinski definition) is 2. The van der Waals surface area contributed by atoms with Gasteiger partial charge in [0.05, 0.1) is 18.4 Å². The maximum Gasteiger partial charge on any atom is 0.138 e. The number of aromatic nitrogens is 1. The molecule has 0 amide bonds. The first-order valence-corrected chi connectivity index (χ1v) is 5.53. The van der Waals surface area contributed by atoms with E-state index in [4.69, 9.17) is 9.26 Å². The molecule has 1 rings (SSSR count). The van der Waals surface area contributed by atoms with Crippen molar-refractivity contribution < 1.29 is 14.4 Å². The Balaban J connectivity index is 2.25. The van der Waals surface area contributed by atoms with Crippen LogP contribution in [-0.4, -0.2) is 36.1 Å². The summed E-state index contributed by atoms with van der Waals surface area (Å²) in [5, 5.41) is 16.5. The van der Waals surface area contributed by atoms with Gasteiger partial charge in [-0.1, -0.05) is 5.16 Å². The lowest BCUT2D eigenvalue weighted by Crippen LogP contribution is -2.30. The third-order valence-corrected chi connectivity index (χ3v) is 2.38. The Morgan fingerprint density at radius 1 is 1.50 bits per heavy atom. The molecule has 1 heterocycles. The first-order chi connectivity index (χ1) is 7.65. The summed E-state index contributed by atoms with van der Waals surface area (Å²) in [4.78, 5) is 0. The predicted octanol–water partition coefficient (Wildman–Crippen LogP) is 0.778. The summed E-state index contributed by atoms with van der Waals surface area (Å²) in [6.07, 6.45) is -0.472. The monoisotopic (exact) mass is 228 g/mol. The minimum atomic E-state index is -0.472. The minimum absolute atomic E-state index is 0.366. The average molecular weight is 228 g/mol. The van der Waals surface area contributed by atoms with Crippen LogP contribution in [0.15, 0.2) is 4.52 Å². The smallest absolute Gasteiger partial charge is 0.138 e. The molecule has 0 spiro atoms. The van der Waals surface area contributed by atoms with Crippen LogP contribution in [0, 0.1) is 13.8 Å². The second kappa shape index (κ2) is 6.62. The Labute approximate surface area is 95.8 Å². The molecule has 0 fully saturated rings. The summed E-state index contributed by atoms with van der Waals surface area (Å²) in [6, 6.07) is 0. The Morgan fingerprint density at radius 3 is 2.81 bits per heavy atom. The molecule has 5 heteroatoms. The van der Waals surface area contributed by atoms with Crippen LogP contribution in [0.2, 0.25) is 0 Å². The van der Waals surface area contributed by atoms with E-state index in [-0.39, 0.29) is 0 Å². The van der Waals surface area contributed by atoms with Gasteiger partial charge in [-0.15, -0.1) is 0 Å². The largest absolute Gasteiger partial charge is 0.389 e. The van der Waals surface area contributed by atoms with Crippen LogP contribution in [-0.2, 0) is 11.3 Å². The lowest BCUT2D eigenvalue weighted by molar-refractivity contribution is 0.0427. The first-order valence-electron chi connectivity index (χ1n) is 5.53. The second-order valence-electron chi connectivity index (χ2n) is 3.75. The molecule has 16 heavy (non-hydrogen) atoms. The van der Waals surface area contributed by atoms with Gasteiger partial charge in [-0.3, -0.25) is 0 Å². The lowest BCUT2D eigenvalue weighted by Gasteiger charge is -2.11. The third kappa shape index (κ3) is 3.92. The van der Waals surface area contributed by atoms with Crippen LogP contribution in [0.1, 0.15) is 23.9 Å². The van der Waals surface area contributed by atoms with E-state index in [1.54, 1.807) is 0 Å². The Morgan fingerprint density at radius 2 is 2.25 bits per heavy atom. The average Bonchev–Trinajstić information content (AvgIpc) is 2.57. The molecule has 0 bridgehead atoms. The quantitative estimate of drug-likeness (QED) is 0.722. The summed E-state index contributed by atoms with van der Waals surface area (Å²) < 4.78 is 10.2. The molecule has 1 unspecified atom stereocenters. The van der Waals surface area contributed by atoms with Gasteiger partial charge in [-0.05, 0) is 20.8 Å². The SMILES string of the molecule is CCOCC(O)CNCc1c(C)noc1C. The zero-order valence-corrected chi connectivity index (χ0v) is 10.1. The van der Waals surface area contributed by atoms with Gasteiger partial charge in [-0.25, -0.2) is 0 Å². The molecule has 0 saturated heterocycles. The van der Waals surface area contributed by atoms with Crippen LogP contribution < -0.4 is 5.32 Å². The fraction of sp³-hybridized carbons (Fsp3) is 0.727. The summed E-state index contributed by atoms with van der Waals surface area (Å²) in [7, 11) is 0. The predicted molar refractivity (Wildman–Crippen MR) is 60.2 cm³/mol. The van der Waals surface area contributed by atoms with Gasteiger partial charge in [0.1, 0.15) is 5.76 Å². The van der Waals surface area contributed by atoms with Gasteiger partial charge >= 0.3 is 0 Å². The van der Waals surface area contributed by atoms with E-state index >= 15 is 0 Å². The molecule has 2 N–H and O–H groups in total. The summed E-state index contributed by atoms with van der Waals surface area (Å²) in [6.45, 7) is 7.85. The number of hydrogen-bond acceptors (Lipinski definition) is 5. The van der Waals surface area contributed by atoms with Crippen molar-refractivity contribution in [3.63, 3.8) is 0 Å². The van der Waals surface area contributed by atoms with Crippen molar-refractivity contribution in [3.05, 3.63) is 17.0 Å². The van der Waals surface area contributed by atoms with Crippen LogP contribution in [0.3, 0.4) is 0 Å². The van der Waals surface area contributed by atoms with Crippen LogP contribution in [0.4, 0.5) is 0 Å². The molecule has 1 aromatic rings. The highest BCUT2D eigenvalue weighted by atomic mass is 16.5. The maximum atomic E-state index is 9.52. The molecular formula is C11H20N2O3. The number of ether oxygens (including phenoxy) is 1. The van der Waals surface area contributed by atoms with Gasteiger partial charge in [0, 0.05) is 25.3 Å². The minimum Gasteiger partial charge on any atom is -0.389 e. The number of aryl methyl sites for hydroxylation is 2. The molecule has 0 aliphatic heterocycles. The molecule has 1 atom stereocenters. The number of nitrogens with one attached hydrogen (secondary N) is 1.